The first-order chi connectivity index (χ1) is 8.11. The summed E-state index contributed by atoms with van der Waals surface area (Å²) in [5.74, 6) is -0.339. The first-order valence-electron chi connectivity index (χ1n) is 5.41. The molecule has 0 spiro atoms. The van der Waals surface area contributed by atoms with Crippen LogP contribution in [0.2, 0.25) is 0 Å². The summed E-state index contributed by atoms with van der Waals surface area (Å²) in [6, 6.07) is 3.07. The van der Waals surface area contributed by atoms with Crippen LogP contribution in [0.5, 0.6) is 0 Å². The molecule has 100 valence electrons. The summed E-state index contributed by atoms with van der Waals surface area (Å²) in [6.07, 6.45) is 0.908. The lowest BCUT2D eigenvalue weighted by atomic mass is 10.3. The summed E-state index contributed by atoms with van der Waals surface area (Å²) >= 11 is 0. The maximum Gasteiger partial charge on any atom is 0.321 e. The molecule has 0 radical (unpaired) electrons. The smallest absolute Gasteiger partial charge is 0.321 e. The number of rotatable bonds is 3. The number of likely N-dealkylation sites (tertiary alicyclic amines) is 1. The normalized spacial score (nSPS) is 18.5. The molecule has 0 aliphatic carbocycles. The van der Waals surface area contributed by atoms with Gasteiger partial charge in [-0.05, 0) is 24.5 Å². The Hall–Kier alpha value is -1.60. The number of aromatic nitrogens is 1. The predicted molar refractivity (Wildman–Crippen MR) is 68.1 cm³/mol. The summed E-state index contributed by atoms with van der Waals surface area (Å²) in [7, 11) is 1.86. The van der Waals surface area contributed by atoms with Crippen LogP contribution in [-0.2, 0) is 0 Å². The standard InChI is InChI=1S/C10H14N4O3.ClH/c1-11-7-4-5-13(6-7)10(15)8-2-3-9(12-8)14(16)17;/h2-3,7,11-12H,4-6H2,1H3;1H. The molecule has 1 aliphatic rings. The van der Waals surface area contributed by atoms with Gasteiger partial charge in [-0.2, -0.15) is 0 Å². The monoisotopic (exact) mass is 274 g/mol. The van der Waals surface area contributed by atoms with Gasteiger partial charge in [0.25, 0.3) is 5.91 Å². The number of nitrogens with zero attached hydrogens (tertiary/aromatic N) is 2. The summed E-state index contributed by atoms with van der Waals surface area (Å²) in [6.45, 7) is 1.32. The number of hydrogen-bond donors (Lipinski definition) is 2. The molecular formula is C10H15ClN4O3. The third-order valence-electron chi connectivity index (χ3n) is 2.98. The van der Waals surface area contributed by atoms with Gasteiger partial charge in [0.1, 0.15) is 0 Å². The number of aromatic amines is 1. The maximum atomic E-state index is 12.0. The number of carbonyl (C=O) groups excluding carboxylic acids is 1. The zero-order chi connectivity index (χ0) is 12.4. The molecule has 1 aliphatic heterocycles. The van der Waals surface area contributed by atoms with Crippen LogP contribution in [0, 0.1) is 10.1 Å². The molecule has 0 saturated carbocycles. The van der Waals surface area contributed by atoms with E-state index in [2.05, 4.69) is 10.3 Å². The van der Waals surface area contributed by atoms with Crippen molar-refractivity contribution >= 4 is 24.1 Å². The number of amides is 1. The number of H-pyrrole nitrogens is 1. The number of halogens is 1. The van der Waals surface area contributed by atoms with Gasteiger partial charge in [0.15, 0.2) is 5.69 Å². The van der Waals surface area contributed by atoms with E-state index in [0.717, 1.165) is 6.42 Å². The van der Waals surface area contributed by atoms with Crippen LogP contribution in [0.25, 0.3) is 0 Å². The zero-order valence-corrected chi connectivity index (χ0v) is 10.7. The van der Waals surface area contributed by atoms with Gasteiger partial charge in [0, 0.05) is 25.2 Å². The third kappa shape index (κ3) is 2.80. The molecule has 18 heavy (non-hydrogen) atoms. The second-order valence-corrected chi connectivity index (χ2v) is 4.04. The Bertz CT molecular complexity index is 448. The first kappa shape index (κ1) is 14.5. The molecule has 0 bridgehead atoms. The highest BCUT2D eigenvalue weighted by atomic mass is 35.5. The quantitative estimate of drug-likeness (QED) is 0.629. The van der Waals surface area contributed by atoms with Crippen LogP contribution in [0.3, 0.4) is 0 Å². The minimum absolute atomic E-state index is 0. The summed E-state index contributed by atoms with van der Waals surface area (Å²) in [4.78, 5) is 26.1. The van der Waals surface area contributed by atoms with Crippen molar-refractivity contribution in [2.24, 2.45) is 0 Å². The van der Waals surface area contributed by atoms with Crippen molar-refractivity contribution in [3.63, 3.8) is 0 Å². The molecule has 1 amide bonds. The van der Waals surface area contributed by atoms with E-state index >= 15 is 0 Å². The lowest BCUT2D eigenvalue weighted by Crippen LogP contribution is -2.33. The van der Waals surface area contributed by atoms with Crippen LogP contribution < -0.4 is 5.32 Å². The molecule has 0 aromatic carbocycles. The second kappa shape index (κ2) is 5.83. The van der Waals surface area contributed by atoms with E-state index in [-0.39, 0.29) is 29.8 Å². The Morgan fingerprint density at radius 1 is 1.61 bits per heavy atom. The number of likely N-dealkylation sites (N-methyl/N-ethyl adjacent to an activating group) is 1. The molecule has 2 heterocycles. The average Bonchev–Trinajstić information content (AvgIpc) is 2.97. The van der Waals surface area contributed by atoms with Gasteiger partial charge >= 0.3 is 5.82 Å². The van der Waals surface area contributed by atoms with Crippen LogP contribution in [0.15, 0.2) is 12.1 Å². The fraction of sp³-hybridized carbons (Fsp3) is 0.500. The van der Waals surface area contributed by atoms with Crippen LogP contribution in [0.4, 0.5) is 5.82 Å². The fourth-order valence-corrected chi connectivity index (χ4v) is 1.97. The average molecular weight is 275 g/mol. The molecule has 2 rings (SSSR count). The molecule has 7 nitrogen and oxygen atoms in total. The number of carbonyl (C=O) groups is 1. The molecule has 1 unspecified atom stereocenters. The van der Waals surface area contributed by atoms with Crippen molar-refractivity contribution in [3.05, 3.63) is 27.9 Å². The highest BCUT2D eigenvalue weighted by molar-refractivity contribution is 5.93. The van der Waals surface area contributed by atoms with E-state index in [1.807, 2.05) is 7.05 Å². The summed E-state index contributed by atoms with van der Waals surface area (Å²) in [5, 5.41) is 13.6. The van der Waals surface area contributed by atoms with Crippen LogP contribution >= 0.6 is 12.4 Å². The highest BCUT2D eigenvalue weighted by Gasteiger charge is 2.28. The summed E-state index contributed by atoms with van der Waals surface area (Å²) in [5.41, 5.74) is 0.272. The molecular weight excluding hydrogens is 260 g/mol. The molecule has 1 aromatic rings. The Balaban J connectivity index is 0.00000162. The van der Waals surface area contributed by atoms with Gasteiger partial charge in [-0.1, -0.05) is 0 Å². The fourth-order valence-electron chi connectivity index (χ4n) is 1.97. The SMILES string of the molecule is CNC1CCN(C(=O)c2ccc([N+](=O)[O-])[nH]2)C1.Cl. The Morgan fingerprint density at radius 3 is 2.83 bits per heavy atom. The predicted octanol–water partition coefficient (Wildman–Crippen LogP) is 0.779. The maximum absolute atomic E-state index is 12.0. The number of hydrogen-bond acceptors (Lipinski definition) is 4. The van der Waals surface area contributed by atoms with Crippen molar-refractivity contribution < 1.29 is 9.72 Å². The van der Waals surface area contributed by atoms with Gasteiger partial charge in [-0.15, -0.1) is 12.4 Å². The van der Waals surface area contributed by atoms with E-state index in [1.54, 1.807) is 4.90 Å². The van der Waals surface area contributed by atoms with Gasteiger partial charge < -0.3 is 20.3 Å². The third-order valence-corrected chi connectivity index (χ3v) is 2.98. The zero-order valence-electron chi connectivity index (χ0n) is 9.88. The van der Waals surface area contributed by atoms with Crippen molar-refractivity contribution in [1.29, 1.82) is 0 Å². The van der Waals surface area contributed by atoms with Gasteiger partial charge in [0.05, 0.1) is 0 Å². The Kier molecular flexibility index (Phi) is 4.69. The minimum atomic E-state index is -0.544. The van der Waals surface area contributed by atoms with E-state index in [4.69, 9.17) is 0 Å². The van der Waals surface area contributed by atoms with E-state index in [0.29, 0.717) is 19.1 Å². The lowest BCUT2D eigenvalue weighted by molar-refractivity contribution is -0.389. The van der Waals surface area contributed by atoms with E-state index in [1.165, 1.54) is 12.1 Å². The van der Waals surface area contributed by atoms with Crippen molar-refractivity contribution in [2.45, 2.75) is 12.5 Å². The lowest BCUT2D eigenvalue weighted by Gasteiger charge is -2.13. The largest absolute Gasteiger partial charge is 0.358 e. The molecule has 1 atom stereocenters. The first-order valence-corrected chi connectivity index (χ1v) is 5.41. The topological polar surface area (TPSA) is 91.3 Å². The van der Waals surface area contributed by atoms with Crippen LogP contribution in [-0.4, -0.2) is 46.9 Å². The molecule has 1 fully saturated rings. The number of nitro groups is 1. The highest BCUT2D eigenvalue weighted by Crippen LogP contribution is 2.15. The Morgan fingerprint density at radius 2 is 2.33 bits per heavy atom. The van der Waals surface area contributed by atoms with Crippen molar-refractivity contribution in [1.82, 2.24) is 15.2 Å². The molecule has 1 saturated heterocycles. The van der Waals surface area contributed by atoms with Gasteiger partial charge in [0.2, 0.25) is 0 Å². The van der Waals surface area contributed by atoms with Gasteiger partial charge in [-0.25, -0.2) is 4.98 Å². The summed E-state index contributed by atoms with van der Waals surface area (Å²) < 4.78 is 0. The van der Waals surface area contributed by atoms with Gasteiger partial charge in [-0.3, -0.25) is 4.79 Å². The number of nitrogens with one attached hydrogen (secondary N) is 2. The van der Waals surface area contributed by atoms with E-state index in [9.17, 15) is 14.9 Å². The molecule has 1 aromatic heterocycles. The van der Waals surface area contributed by atoms with Crippen molar-refractivity contribution in [3.8, 4) is 0 Å². The van der Waals surface area contributed by atoms with Crippen molar-refractivity contribution in [2.75, 3.05) is 20.1 Å². The minimum Gasteiger partial charge on any atom is -0.358 e. The molecule has 2 N–H and O–H groups in total. The van der Waals surface area contributed by atoms with Crippen LogP contribution in [0.1, 0.15) is 16.9 Å². The van der Waals surface area contributed by atoms with E-state index < -0.39 is 4.92 Å². The molecule has 8 heteroatoms. The second-order valence-electron chi connectivity index (χ2n) is 4.04. The Labute approximate surface area is 110 Å².